The molecule has 18 heavy (non-hydrogen) atoms. The predicted octanol–water partition coefficient (Wildman–Crippen LogP) is 1.67. The van der Waals surface area contributed by atoms with E-state index in [0.717, 1.165) is 18.7 Å². The zero-order valence-electron chi connectivity index (χ0n) is 10.2. The van der Waals surface area contributed by atoms with Crippen molar-refractivity contribution in [2.24, 2.45) is 0 Å². The van der Waals surface area contributed by atoms with Crippen LogP contribution < -0.4 is 11.3 Å². The molecule has 4 N–H and O–H groups in total. The third-order valence-electron chi connectivity index (χ3n) is 3.64. The molecule has 0 saturated heterocycles. The molecule has 6 nitrogen and oxygen atoms in total. The largest absolute Gasteiger partial charge is 0.369 e. The van der Waals surface area contributed by atoms with Gasteiger partial charge in [0.15, 0.2) is 11.2 Å². The van der Waals surface area contributed by atoms with Gasteiger partial charge in [-0.2, -0.15) is 4.98 Å². The molecule has 0 unspecified atom stereocenters. The Kier molecular flexibility index (Phi) is 2.77. The molecule has 6 heteroatoms. The number of H-pyrrole nitrogens is 2. The smallest absolute Gasteiger partial charge is 0.278 e. The summed E-state index contributed by atoms with van der Waals surface area (Å²) in [6.07, 6.45) is 7.31. The number of nitrogen functional groups attached to an aromatic ring is 1. The second-order valence-electron chi connectivity index (χ2n) is 4.96. The Balaban J connectivity index is 2.02. The van der Waals surface area contributed by atoms with E-state index in [1.807, 2.05) is 0 Å². The van der Waals surface area contributed by atoms with Crippen LogP contribution in [-0.4, -0.2) is 19.9 Å². The first-order valence-electron chi connectivity index (χ1n) is 6.49. The minimum absolute atomic E-state index is 0.117. The van der Waals surface area contributed by atoms with Crippen molar-refractivity contribution in [2.75, 3.05) is 5.73 Å². The van der Waals surface area contributed by atoms with Crippen molar-refractivity contribution in [1.29, 1.82) is 0 Å². The van der Waals surface area contributed by atoms with E-state index >= 15 is 0 Å². The summed E-state index contributed by atoms with van der Waals surface area (Å²) in [6.45, 7) is 0. The van der Waals surface area contributed by atoms with Gasteiger partial charge < -0.3 is 10.7 Å². The monoisotopic (exact) mass is 247 g/mol. The number of aromatic amines is 2. The summed E-state index contributed by atoms with van der Waals surface area (Å²) in [4.78, 5) is 25.8. The minimum atomic E-state index is -0.245. The second-order valence-corrected chi connectivity index (χ2v) is 4.96. The zero-order valence-corrected chi connectivity index (χ0v) is 10.2. The van der Waals surface area contributed by atoms with Gasteiger partial charge in [-0.3, -0.25) is 9.78 Å². The molecule has 1 aliphatic carbocycles. The Morgan fingerprint density at radius 2 is 1.78 bits per heavy atom. The van der Waals surface area contributed by atoms with E-state index in [-0.39, 0.29) is 11.5 Å². The fourth-order valence-electron chi connectivity index (χ4n) is 2.69. The molecule has 96 valence electrons. The van der Waals surface area contributed by atoms with Crippen LogP contribution in [0.25, 0.3) is 11.2 Å². The molecule has 0 spiro atoms. The maximum atomic E-state index is 11.7. The van der Waals surface area contributed by atoms with Gasteiger partial charge in [-0.05, 0) is 12.8 Å². The number of imidazole rings is 1. The van der Waals surface area contributed by atoms with Crippen molar-refractivity contribution in [3.05, 3.63) is 16.2 Å². The number of hydrogen-bond donors (Lipinski definition) is 3. The Morgan fingerprint density at radius 1 is 1.06 bits per heavy atom. The first kappa shape index (κ1) is 11.3. The van der Waals surface area contributed by atoms with Crippen LogP contribution in [0.2, 0.25) is 0 Å². The molecule has 0 aliphatic heterocycles. The van der Waals surface area contributed by atoms with Crippen LogP contribution in [-0.2, 0) is 0 Å². The fourth-order valence-corrected chi connectivity index (χ4v) is 2.69. The number of nitrogens with two attached hydrogens (primary N) is 1. The SMILES string of the molecule is Nc1nc2nc(C3CCCCCC3)[nH]c2c(=O)[nH]1. The van der Waals surface area contributed by atoms with Gasteiger partial charge in [-0.15, -0.1) is 0 Å². The highest BCUT2D eigenvalue weighted by molar-refractivity contribution is 5.70. The molecule has 2 aromatic rings. The maximum absolute atomic E-state index is 11.7. The summed E-state index contributed by atoms with van der Waals surface area (Å²) in [7, 11) is 0. The van der Waals surface area contributed by atoms with E-state index in [4.69, 9.17) is 5.73 Å². The molecule has 0 bridgehead atoms. The number of nitrogens with one attached hydrogen (secondary N) is 2. The van der Waals surface area contributed by atoms with Crippen molar-refractivity contribution in [2.45, 2.75) is 44.4 Å². The van der Waals surface area contributed by atoms with Gasteiger partial charge in [0.25, 0.3) is 5.56 Å². The molecule has 2 heterocycles. The van der Waals surface area contributed by atoms with Crippen molar-refractivity contribution >= 4 is 17.1 Å². The lowest BCUT2D eigenvalue weighted by atomic mass is 10.00. The fraction of sp³-hybridized carbons (Fsp3) is 0.583. The van der Waals surface area contributed by atoms with Crippen LogP contribution >= 0.6 is 0 Å². The van der Waals surface area contributed by atoms with Gasteiger partial charge in [-0.25, -0.2) is 4.98 Å². The summed E-state index contributed by atoms with van der Waals surface area (Å²) >= 11 is 0. The number of nitrogens with zero attached hydrogens (tertiary/aromatic N) is 2. The first-order valence-corrected chi connectivity index (χ1v) is 6.49. The van der Waals surface area contributed by atoms with Gasteiger partial charge in [0.1, 0.15) is 5.82 Å². The molecule has 3 rings (SSSR count). The molecule has 0 aromatic carbocycles. The first-order chi connectivity index (χ1) is 8.74. The Hall–Kier alpha value is -1.85. The van der Waals surface area contributed by atoms with Gasteiger partial charge in [0.2, 0.25) is 5.95 Å². The molecule has 2 aromatic heterocycles. The van der Waals surface area contributed by atoms with E-state index in [0.29, 0.717) is 17.1 Å². The number of rotatable bonds is 1. The summed E-state index contributed by atoms with van der Waals surface area (Å²) in [5.74, 6) is 1.42. The van der Waals surface area contributed by atoms with Crippen LogP contribution in [0.1, 0.15) is 50.3 Å². The Labute approximate surface area is 104 Å². The molecule has 1 fully saturated rings. The minimum Gasteiger partial charge on any atom is -0.369 e. The van der Waals surface area contributed by atoms with Gasteiger partial charge >= 0.3 is 0 Å². The molecular formula is C12H17N5O. The maximum Gasteiger partial charge on any atom is 0.278 e. The van der Waals surface area contributed by atoms with Crippen LogP contribution in [0.3, 0.4) is 0 Å². The predicted molar refractivity (Wildman–Crippen MR) is 69.4 cm³/mol. The summed E-state index contributed by atoms with van der Waals surface area (Å²) < 4.78 is 0. The molecule has 0 radical (unpaired) electrons. The van der Waals surface area contributed by atoms with Gasteiger partial charge in [-0.1, -0.05) is 25.7 Å². The number of hydrogen-bond acceptors (Lipinski definition) is 4. The van der Waals surface area contributed by atoms with Crippen LogP contribution in [0.4, 0.5) is 5.95 Å². The normalized spacial score (nSPS) is 18.0. The number of anilines is 1. The van der Waals surface area contributed by atoms with Crippen LogP contribution in [0.5, 0.6) is 0 Å². The van der Waals surface area contributed by atoms with Crippen molar-refractivity contribution < 1.29 is 0 Å². The Morgan fingerprint density at radius 3 is 2.50 bits per heavy atom. The number of fused-ring (bicyclic) bond motifs is 1. The van der Waals surface area contributed by atoms with Gasteiger partial charge in [0.05, 0.1) is 0 Å². The Bertz CT molecular complexity index is 606. The third kappa shape index (κ3) is 1.98. The second kappa shape index (κ2) is 4.44. The van der Waals surface area contributed by atoms with Crippen LogP contribution in [0, 0.1) is 0 Å². The van der Waals surface area contributed by atoms with Crippen molar-refractivity contribution in [3.63, 3.8) is 0 Å². The molecule has 1 aliphatic rings. The number of aromatic nitrogens is 4. The average molecular weight is 247 g/mol. The zero-order chi connectivity index (χ0) is 12.5. The standard InChI is InChI=1S/C12H17N5O/c13-12-16-10-8(11(18)17-12)14-9(15-10)7-5-3-1-2-4-6-7/h7H,1-6H2,(H4,13,14,15,16,17,18). The highest BCUT2D eigenvalue weighted by Gasteiger charge is 2.19. The van der Waals surface area contributed by atoms with E-state index in [2.05, 4.69) is 19.9 Å². The average Bonchev–Trinajstić information content (AvgIpc) is 2.59. The molecule has 0 amide bonds. The van der Waals surface area contributed by atoms with E-state index in [1.165, 1.54) is 25.7 Å². The molecular weight excluding hydrogens is 230 g/mol. The quantitative estimate of drug-likeness (QED) is 0.667. The highest BCUT2D eigenvalue weighted by Crippen LogP contribution is 2.30. The van der Waals surface area contributed by atoms with Crippen molar-refractivity contribution in [3.8, 4) is 0 Å². The highest BCUT2D eigenvalue weighted by atomic mass is 16.1. The third-order valence-corrected chi connectivity index (χ3v) is 3.64. The van der Waals surface area contributed by atoms with Gasteiger partial charge in [0, 0.05) is 5.92 Å². The van der Waals surface area contributed by atoms with Crippen molar-refractivity contribution in [1.82, 2.24) is 19.9 Å². The van der Waals surface area contributed by atoms with Crippen LogP contribution in [0.15, 0.2) is 4.79 Å². The lowest BCUT2D eigenvalue weighted by Crippen LogP contribution is -2.10. The van der Waals surface area contributed by atoms with E-state index < -0.39 is 0 Å². The molecule has 0 atom stereocenters. The lowest BCUT2D eigenvalue weighted by Gasteiger charge is -2.09. The lowest BCUT2D eigenvalue weighted by molar-refractivity contribution is 0.567. The summed E-state index contributed by atoms with van der Waals surface area (Å²) in [5, 5.41) is 0. The summed E-state index contributed by atoms with van der Waals surface area (Å²) in [6, 6.07) is 0. The van der Waals surface area contributed by atoms with E-state index in [1.54, 1.807) is 0 Å². The molecule has 1 saturated carbocycles. The van der Waals surface area contributed by atoms with E-state index in [9.17, 15) is 4.79 Å². The topological polar surface area (TPSA) is 100 Å². The summed E-state index contributed by atoms with van der Waals surface area (Å²) in [5.41, 5.74) is 6.13.